The second-order valence-corrected chi connectivity index (χ2v) is 6.70. The second-order valence-electron chi connectivity index (χ2n) is 5.67. The lowest BCUT2D eigenvalue weighted by molar-refractivity contribution is 0.102. The maximum atomic E-state index is 12.5. The number of carbonyl (C=O) groups excluding carboxylic acids is 1. The van der Waals surface area contributed by atoms with E-state index in [1.54, 1.807) is 28.9 Å². The van der Waals surface area contributed by atoms with Crippen LogP contribution in [-0.4, -0.2) is 31.1 Å². The molecule has 2 heterocycles. The number of hydrogen-bond acceptors (Lipinski definition) is 7. The van der Waals surface area contributed by atoms with Crippen molar-refractivity contribution in [2.75, 3.05) is 5.32 Å². The fraction of sp³-hybridized carbons (Fsp3) is 0.167. The third kappa shape index (κ3) is 3.77. The highest BCUT2D eigenvalue weighted by Gasteiger charge is 2.11. The van der Waals surface area contributed by atoms with E-state index in [1.165, 1.54) is 11.3 Å². The summed E-state index contributed by atoms with van der Waals surface area (Å²) in [6.07, 6.45) is 0. The van der Waals surface area contributed by atoms with Gasteiger partial charge in [-0.15, -0.1) is 5.10 Å². The fourth-order valence-electron chi connectivity index (χ4n) is 2.54. The number of tetrazole rings is 1. The number of benzene rings is 2. The normalized spacial score (nSPS) is 10.9. The van der Waals surface area contributed by atoms with Crippen LogP contribution < -0.4 is 10.1 Å². The van der Waals surface area contributed by atoms with E-state index in [9.17, 15) is 4.79 Å². The number of aromatic nitrogens is 5. The summed E-state index contributed by atoms with van der Waals surface area (Å²) in [6.45, 7) is 2.84. The standard InChI is InChI=1S/C18H16N6O2S/c1-2-24-16(21-22-23-24)11-26-13-7-5-6-12(10-13)17(25)20-18-19-14-8-3-4-9-15(14)27-18/h3-10H,2,11H2,1H3,(H,19,20,25). The minimum absolute atomic E-state index is 0.226. The molecule has 0 atom stereocenters. The molecule has 136 valence electrons. The van der Waals surface area contributed by atoms with Gasteiger partial charge in [-0.2, -0.15) is 0 Å². The molecule has 0 saturated heterocycles. The molecule has 1 N–H and O–H groups in total. The first-order valence-corrected chi connectivity index (χ1v) is 9.19. The monoisotopic (exact) mass is 380 g/mol. The van der Waals surface area contributed by atoms with Gasteiger partial charge in [-0.3, -0.25) is 10.1 Å². The summed E-state index contributed by atoms with van der Waals surface area (Å²) in [4.78, 5) is 17.0. The van der Waals surface area contributed by atoms with Gasteiger partial charge in [0.2, 0.25) is 0 Å². The van der Waals surface area contributed by atoms with Gasteiger partial charge >= 0.3 is 0 Å². The Morgan fingerprint density at radius 2 is 2.11 bits per heavy atom. The zero-order valence-corrected chi connectivity index (χ0v) is 15.3. The minimum Gasteiger partial charge on any atom is -0.486 e. The maximum absolute atomic E-state index is 12.5. The third-order valence-electron chi connectivity index (χ3n) is 3.88. The summed E-state index contributed by atoms with van der Waals surface area (Å²) in [7, 11) is 0. The van der Waals surface area contributed by atoms with Gasteiger partial charge in [0.15, 0.2) is 11.0 Å². The first kappa shape index (κ1) is 17.1. The summed E-state index contributed by atoms with van der Waals surface area (Å²) < 4.78 is 8.41. The fourth-order valence-corrected chi connectivity index (χ4v) is 3.40. The number of nitrogens with one attached hydrogen (secondary N) is 1. The largest absolute Gasteiger partial charge is 0.486 e. The van der Waals surface area contributed by atoms with E-state index >= 15 is 0 Å². The predicted octanol–water partition coefficient (Wildman–Crippen LogP) is 3.13. The van der Waals surface area contributed by atoms with E-state index in [1.807, 2.05) is 31.2 Å². The number of ether oxygens (including phenoxy) is 1. The molecular formula is C18H16N6O2S. The predicted molar refractivity (Wildman–Crippen MR) is 102 cm³/mol. The van der Waals surface area contributed by atoms with Crippen LogP contribution in [0.1, 0.15) is 23.1 Å². The summed E-state index contributed by atoms with van der Waals surface area (Å²) in [6, 6.07) is 14.7. The number of fused-ring (bicyclic) bond motifs is 1. The molecule has 4 rings (SSSR count). The number of rotatable bonds is 6. The Morgan fingerprint density at radius 1 is 1.22 bits per heavy atom. The van der Waals surface area contributed by atoms with E-state index < -0.39 is 0 Å². The topological polar surface area (TPSA) is 94.8 Å². The van der Waals surface area contributed by atoms with Crippen LogP contribution in [0.5, 0.6) is 5.75 Å². The summed E-state index contributed by atoms with van der Waals surface area (Å²) in [5, 5.41) is 14.8. The van der Waals surface area contributed by atoms with Gasteiger partial charge in [-0.1, -0.05) is 29.5 Å². The molecule has 0 fully saturated rings. The van der Waals surface area contributed by atoms with Gasteiger partial charge in [-0.25, -0.2) is 9.67 Å². The first-order valence-electron chi connectivity index (χ1n) is 8.38. The molecule has 0 aliphatic carbocycles. The molecule has 4 aromatic rings. The van der Waals surface area contributed by atoms with Crippen LogP contribution in [0.3, 0.4) is 0 Å². The molecule has 0 aliphatic heterocycles. The van der Waals surface area contributed by atoms with E-state index in [2.05, 4.69) is 25.8 Å². The maximum Gasteiger partial charge on any atom is 0.257 e. The van der Waals surface area contributed by atoms with Gasteiger partial charge in [0.1, 0.15) is 12.4 Å². The smallest absolute Gasteiger partial charge is 0.257 e. The van der Waals surface area contributed by atoms with Crippen LogP contribution in [0, 0.1) is 0 Å². The van der Waals surface area contributed by atoms with Crippen molar-refractivity contribution >= 4 is 32.6 Å². The van der Waals surface area contributed by atoms with Crippen molar-refractivity contribution in [3.8, 4) is 5.75 Å². The Kier molecular flexibility index (Phi) is 4.75. The van der Waals surface area contributed by atoms with Crippen molar-refractivity contribution in [1.29, 1.82) is 0 Å². The molecule has 8 nitrogen and oxygen atoms in total. The molecule has 1 amide bonds. The van der Waals surface area contributed by atoms with Crippen molar-refractivity contribution in [2.45, 2.75) is 20.1 Å². The lowest BCUT2D eigenvalue weighted by Crippen LogP contribution is -2.12. The van der Waals surface area contributed by atoms with Crippen molar-refractivity contribution in [3.05, 3.63) is 59.9 Å². The van der Waals surface area contributed by atoms with Crippen molar-refractivity contribution in [3.63, 3.8) is 0 Å². The quantitative estimate of drug-likeness (QED) is 0.552. The van der Waals surface area contributed by atoms with Gasteiger partial charge in [0.25, 0.3) is 5.91 Å². The number of thiazole rings is 1. The number of amides is 1. The van der Waals surface area contributed by atoms with Crippen LogP contribution in [0.15, 0.2) is 48.5 Å². The molecule has 2 aromatic carbocycles. The zero-order chi connectivity index (χ0) is 18.6. The van der Waals surface area contributed by atoms with Crippen molar-refractivity contribution < 1.29 is 9.53 Å². The molecule has 0 unspecified atom stereocenters. The van der Waals surface area contributed by atoms with E-state index in [4.69, 9.17) is 4.74 Å². The number of anilines is 1. The van der Waals surface area contributed by atoms with Crippen LogP contribution in [0.2, 0.25) is 0 Å². The number of nitrogens with zero attached hydrogens (tertiary/aromatic N) is 5. The minimum atomic E-state index is -0.238. The Morgan fingerprint density at radius 3 is 2.96 bits per heavy atom. The molecule has 0 aliphatic rings. The molecule has 0 radical (unpaired) electrons. The Labute approximate surface area is 158 Å². The van der Waals surface area contributed by atoms with Gasteiger partial charge in [0.05, 0.1) is 10.2 Å². The van der Waals surface area contributed by atoms with Crippen molar-refractivity contribution in [1.82, 2.24) is 25.2 Å². The van der Waals surface area contributed by atoms with Crippen LogP contribution in [-0.2, 0) is 13.2 Å². The molecular weight excluding hydrogens is 364 g/mol. The molecule has 2 aromatic heterocycles. The van der Waals surface area contributed by atoms with E-state index in [0.717, 1.165) is 10.2 Å². The van der Waals surface area contributed by atoms with E-state index in [-0.39, 0.29) is 12.5 Å². The summed E-state index contributed by atoms with van der Waals surface area (Å²) >= 11 is 1.44. The van der Waals surface area contributed by atoms with Gasteiger partial charge in [0, 0.05) is 12.1 Å². The first-order chi connectivity index (χ1) is 13.2. The van der Waals surface area contributed by atoms with Gasteiger partial charge in [-0.05, 0) is 47.7 Å². The molecule has 0 spiro atoms. The van der Waals surface area contributed by atoms with Crippen molar-refractivity contribution in [2.24, 2.45) is 0 Å². The number of hydrogen-bond donors (Lipinski definition) is 1. The summed E-state index contributed by atoms with van der Waals surface area (Å²) in [5.74, 6) is 0.956. The van der Waals surface area contributed by atoms with Crippen LogP contribution in [0.25, 0.3) is 10.2 Å². The lowest BCUT2D eigenvalue weighted by atomic mass is 10.2. The number of para-hydroxylation sites is 1. The number of carbonyl (C=O) groups is 1. The van der Waals surface area contributed by atoms with Gasteiger partial charge < -0.3 is 4.74 Å². The van der Waals surface area contributed by atoms with Crippen LogP contribution in [0.4, 0.5) is 5.13 Å². The molecule has 9 heteroatoms. The number of aryl methyl sites for hydroxylation is 1. The highest BCUT2D eigenvalue weighted by molar-refractivity contribution is 7.22. The Balaban J connectivity index is 1.45. The molecule has 27 heavy (non-hydrogen) atoms. The zero-order valence-electron chi connectivity index (χ0n) is 14.5. The third-order valence-corrected chi connectivity index (χ3v) is 4.84. The highest BCUT2D eigenvalue weighted by Crippen LogP contribution is 2.26. The Bertz CT molecular complexity index is 1060. The summed E-state index contributed by atoms with van der Waals surface area (Å²) in [5.41, 5.74) is 1.35. The Hall–Kier alpha value is -3.33. The average molecular weight is 380 g/mol. The van der Waals surface area contributed by atoms with E-state index in [0.29, 0.717) is 28.8 Å². The SMILES string of the molecule is CCn1nnnc1COc1cccc(C(=O)Nc2nc3ccccc3s2)c1. The lowest BCUT2D eigenvalue weighted by Gasteiger charge is -2.07. The van der Waals surface area contributed by atoms with Crippen LogP contribution >= 0.6 is 11.3 Å². The highest BCUT2D eigenvalue weighted by atomic mass is 32.1. The average Bonchev–Trinajstić information content (AvgIpc) is 3.32. The molecule has 0 saturated carbocycles. The molecule has 0 bridgehead atoms. The second kappa shape index (κ2) is 7.50.